The first-order valence-electron chi connectivity index (χ1n) is 5.19. The maximum Gasteiger partial charge on any atom is 0.0204 e. The molecule has 0 radical (unpaired) electrons. The summed E-state index contributed by atoms with van der Waals surface area (Å²) in [6.07, 6.45) is 1.30. The van der Waals surface area contributed by atoms with Crippen LogP contribution in [0.3, 0.4) is 0 Å². The minimum Gasteiger partial charge on any atom is -0.316 e. The van der Waals surface area contributed by atoms with Crippen molar-refractivity contribution in [2.24, 2.45) is 0 Å². The number of hydrogen-bond acceptors (Lipinski definition) is 3. The monoisotopic (exact) mass is 185 g/mol. The van der Waals surface area contributed by atoms with Crippen molar-refractivity contribution in [2.75, 3.05) is 40.8 Å². The van der Waals surface area contributed by atoms with Crippen molar-refractivity contribution >= 4 is 0 Å². The van der Waals surface area contributed by atoms with E-state index >= 15 is 0 Å². The molecule has 1 saturated heterocycles. The lowest BCUT2D eigenvalue weighted by atomic mass is 10.3. The molecule has 0 spiro atoms. The van der Waals surface area contributed by atoms with Crippen LogP contribution >= 0.6 is 0 Å². The minimum atomic E-state index is 0.688. The minimum absolute atomic E-state index is 0.688. The van der Waals surface area contributed by atoms with E-state index in [4.69, 9.17) is 0 Å². The van der Waals surface area contributed by atoms with Gasteiger partial charge in [-0.25, -0.2) is 0 Å². The predicted octanol–water partition coefficient (Wildman–Crippen LogP) is 0.230. The molecule has 1 fully saturated rings. The van der Waals surface area contributed by atoms with Gasteiger partial charge in [0.1, 0.15) is 0 Å². The first-order valence-corrected chi connectivity index (χ1v) is 5.19. The molecule has 3 nitrogen and oxygen atoms in total. The van der Waals surface area contributed by atoms with E-state index in [1.54, 1.807) is 0 Å². The van der Waals surface area contributed by atoms with Crippen LogP contribution in [0.25, 0.3) is 0 Å². The van der Waals surface area contributed by atoms with Crippen molar-refractivity contribution in [3.05, 3.63) is 0 Å². The summed E-state index contributed by atoms with van der Waals surface area (Å²) in [6, 6.07) is 1.40. The Labute approximate surface area is 82.1 Å². The van der Waals surface area contributed by atoms with E-state index in [1.165, 1.54) is 19.5 Å². The molecule has 0 aliphatic carbocycles. The first kappa shape index (κ1) is 11.0. The van der Waals surface area contributed by atoms with Crippen molar-refractivity contribution < 1.29 is 0 Å². The Hall–Kier alpha value is -0.120. The zero-order chi connectivity index (χ0) is 9.84. The van der Waals surface area contributed by atoms with Crippen molar-refractivity contribution in [3.8, 4) is 0 Å². The molecule has 0 amide bonds. The largest absolute Gasteiger partial charge is 0.316 e. The van der Waals surface area contributed by atoms with Gasteiger partial charge in [-0.2, -0.15) is 0 Å². The Bertz CT molecular complexity index is 147. The standard InChI is InChI=1S/C10H23N3/c1-9(7-12(3)4)13-6-5-10(8-13)11-2/h9-11H,5-8H2,1-4H3. The molecular formula is C10H23N3. The molecule has 13 heavy (non-hydrogen) atoms. The first-order chi connectivity index (χ1) is 6.13. The van der Waals surface area contributed by atoms with Crippen LogP contribution in [-0.2, 0) is 0 Å². The third-order valence-corrected chi connectivity index (χ3v) is 2.88. The molecular weight excluding hydrogens is 162 g/mol. The lowest BCUT2D eigenvalue weighted by molar-refractivity contribution is 0.205. The third kappa shape index (κ3) is 3.25. The van der Waals surface area contributed by atoms with Crippen LogP contribution in [0.15, 0.2) is 0 Å². The van der Waals surface area contributed by atoms with Crippen LogP contribution in [0.2, 0.25) is 0 Å². The van der Waals surface area contributed by atoms with Gasteiger partial charge in [0.05, 0.1) is 0 Å². The molecule has 0 aromatic rings. The molecule has 1 heterocycles. The highest BCUT2D eigenvalue weighted by atomic mass is 15.2. The number of likely N-dealkylation sites (N-methyl/N-ethyl adjacent to an activating group) is 2. The number of hydrogen-bond donors (Lipinski definition) is 1. The number of nitrogens with zero attached hydrogens (tertiary/aromatic N) is 2. The average Bonchev–Trinajstić information content (AvgIpc) is 2.50. The van der Waals surface area contributed by atoms with Crippen LogP contribution in [0.5, 0.6) is 0 Å². The highest BCUT2D eigenvalue weighted by molar-refractivity contribution is 4.83. The summed E-state index contributed by atoms with van der Waals surface area (Å²) >= 11 is 0. The van der Waals surface area contributed by atoms with Gasteiger partial charge in [-0.3, -0.25) is 4.90 Å². The maximum absolute atomic E-state index is 3.35. The van der Waals surface area contributed by atoms with Gasteiger partial charge >= 0.3 is 0 Å². The second-order valence-electron chi connectivity index (χ2n) is 4.38. The summed E-state index contributed by atoms with van der Waals surface area (Å²) in [5, 5.41) is 3.35. The van der Waals surface area contributed by atoms with Gasteiger partial charge in [0.2, 0.25) is 0 Å². The predicted molar refractivity (Wildman–Crippen MR) is 57.1 cm³/mol. The van der Waals surface area contributed by atoms with E-state index < -0.39 is 0 Å². The van der Waals surface area contributed by atoms with E-state index in [-0.39, 0.29) is 0 Å². The fourth-order valence-corrected chi connectivity index (χ4v) is 2.07. The molecule has 1 aliphatic rings. The summed E-state index contributed by atoms with van der Waals surface area (Å²) in [6.45, 7) is 5.94. The molecule has 78 valence electrons. The molecule has 1 rings (SSSR count). The van der Waals surface area contributed by atoms with Crippen LogP contribution in [0.1, 0.15) is 13.3 Å². The van der Waals surface area contributed by atoms with Crippen molar-refractivity contribution in [1.29, 1.82) is 0 Å². The van der Waals surface area contributed by atoms with Gasteiger partial charge in [0.15, 0.2) is 0 Å². The van der Waals surface area contributed by atoms with E-state index in [1.807, 2.05) is 0 Å². The second kappa shape index (κ2) is 4.94. The van der Waals surface area contributed by atoms with Crippen LogP contribution in [0, 0.1) is 0 Å². The Balaban J connectivity index is 2.28. The van der Waals surface area contributed by atoms with Crippen LogP contribution < -0.4 is 5.32 Å². The lowest BCUT2D eigenvalue weighted by Crippen LogP contribution is -2.40. The van der Waals surface area contributed by atoms with Gasteiger partial charge in [0.25, 0.3) is 0 Å². The van der Waals surface area contributed by atoms with Crippen molar-refractivity contribution in [2.45, 2.75) is 25.4 Å². The second-order valence-corrected chi connectivity index (χ2v) is 4.38. The molecule has 0 bridgehead atoms. The summed E-state index contributed by atoms with van der Waals surface area (Å²) in [4.78, 5) is 4.83. The van der Waals surface area contributed by atoms with Gasteiger partial charge in [-0.05, 0) is 34.5 Å². The fourth-order valence-electron chi connectivity index (χ4n) is 2.07. The Kier molecular flexibility index (Phi) is 4.16. The maximum atomic E-state index is 3.35. The summed E-state index contributed by atoms with van der Waals surface area (Å²) in [7, 11) is 6.34. The van der Waals surface area contributed by atoms with E-state index in [0.717, 1.165) is 6.54 Å². The van der Waals surface area contributed by atoms with Gasteiger partial charge in [-0.15, -0.1) is 0 Å². The summed E-state index contributed by atoms with van der Waals surface area (Å²) in [5.74, 6) is 0. The lowest BCUT2D eigenvalue weighted by Gasteiger charge is -2.26. The molecule has 0 aromatic heterocycles. The van der Waals surface area contributed by atoms with Crippen molar-refractivity contribution in [3.63, 3.8) is 0 Å². The Morgan fingerprint density at radius 3 is 2.69 bits per heavy atom. The third-order valence-electron chi connectivity index (χ3n) is 2.88. The molecule has 1 N–H and O–H groups in total. The highest BCUT2D eigenvalue weighted by Crippen LogP contribution is 2.12. The summed E-state index contributed by atoms with van der Waals surface area (Å²) < 4.78 is 0. The summed E-state index contributed by atoms with van der Waals surface area (Å²) in [5.41, 5.74) is 0. The Morgan fingerprint density at radius 2 is 2.23 bits per heavy atom. The van der Waals surface area contributed by atoms with Crippen LogP contribution in [-0.4, -0.2) is 62.7 Å². The molecule has 2 unspecified atom stereocenters. The highest BCUT2D eigenvalue weighted by Gasteiger charge is 2.24. The van der Waals surface area contributed by atoms with E-state index in [2.05, 4.69) is 43.2 Å². The molecule has 0 aromatic carbocycles. The zero-order valence-electron chi connectivity index (χ0n) is 9.38. The fraction of sp³-hybridized carbons (Fsp3) is 1.00. The average molecular weight is 185 g/mol. The molecule has 2 atom stereocenters. The number of likely N-dealkylation sites (tertiary alicyclic amines) is 1. The van der Waals surface area contributed by atoms with E-state index in [9.17, 15) is 0 Å². The number of nitrogens with one attached hydrogen (secondary N) is 1. The SMILES string of the molecule is CNC1CCN(C(C)CN(C)C)C1. The van der Waals surface area contributed by atoms with Gasteiger partial charge < -0.3 is 10.2 Å². The van der Waals surface area contributed by atoms with E-state index in [0.29, 0.717) is 12.1 Å². The molecule has 3 heteroatoms. The van der Waals surface area contributed by atoms with Crippen molar-refractivity contribution in [1.82, 2.24) is 15.1 Å². The Morgan fingerprint density at radius 1 is 1.54 bits per heavy atom. The zero-order valence-corrected chi connectivity index (χ0v) is 9.38. The van der Waals surface area contributed by atoms with Gasteiger partial charge in [0, 0.05) is 31.7 Å². The van der Waals surface area contributed by atoms with Gasteiger partial charge in [-0.1, -0.05) is 0 Å². The molecule has 0 saturated carbocycles. The van der Waals surface area contributed by atoms with Crippen LogP contribution in [0.4, 0.5) is 0 Å². The normalized spacial score (nSPS) is 27.0. The smallest absolute Gasteiger partial charge is 0.0204 e. The molecule has 1 aliphatic heterocycles. The number of rotatable bonds is 4. The quantitative estimate of drug-likeness (QED) is 0.676. The topological polar surface area (TPSA) is 18.5 Å².